The van der Waals surface area contributed by atoms with Crippen molar-refractivity contribution in [3.63, 3.8) is 0 Å². The zero-order valence-electron chi connectivity index (χ0n) is 10.3. The molecule has 1 amide bonds. The molecule has 18 heavy (non-hydrogen) atoms. The first kappa shape index (κ1) is 12.8. The molecule has 0 aromatic heterocycles. The maximum Gasteiger partial charge on any atom is 0.258 e. The second-order valence-corrected chi connectivity index (χ2v) is 4.49. The van der Waals surface area contributed by atoms with Crippen molar-refractivity contribution in [2.24, 2.45) is 5.73 Å². The normalized spacial score (nSPS) is 22.8. The minimum Gasteiger partial charge on any atom is -0.496 e. The van der Waals surface area contributed by atoms with Crippen LogP contribution < -0.4 is 15.8 Å². The molecule has 4 nitrogen and oxygen atoms in total. The monoisotopic (exact) mass is 252 g/mol. The van der Waals surface area contributed by atoms with Gasteiger partial charge in [0, 0.05) is 12.1 Å². The molecule has 5 heteroatoms. The van der Waals surface area contributed by atoms with E-state index in [-0.39, 0.29) is 23.4 Å². The number of halogens is 1. The standard InChI is InChI=1S/C13H17FN2O2/c1-18-11-7-2-4-8(14)12(11)13(17)16-10-6-3-5-9(10)15/h2,4,7,9-10H,3,5-6,15H2,1H3,(H,16,17)/t9-,10-/m0/s1. The number of nitrogens with two attached hydrogens (primary N) is 1. The summed E-state index contributed by atoms with van der Waals surface area (Å²) in [4.78, 5) is 12.1. The van der Waals surface area contributed by atoms with Crippen molar-refractivity contribution in [3.05, 3.63) is 29.6 Å². The van der Waals surface area contributed by atoms with Gasteiger partial charge in [-0.1, -0.05) is 6.07 Å². The van der Waals surface area contributed by atoms with E-state index in [1.165, 1.54) is 19.2 Å². The van der Waals surface area contributed by atoms with Gasteiger partial charge < -0.3 is 15.8 Å². The summed E-state index contributed by atoms with van der Waals surface area (Å²) in [6, 6.07) is 4.18. The predicted molar refractivity (Wildman–Crippen MR) is 66.0 cm³/mol. The predicted octanol–water partition coefficient (Wildman–Crippen LogP) is 1.44. The molecule has 1 aliphatic carbocycles. The molecule has 0 radical (unpaired) electrons. The first-order chi connectivity index (χ1) is 8.63. The summed E-state index contributed by atoms with van der Waals surface area (Å²) >= 11 is 0. The fourth-order valence-corrected chi connectivity index (χ4v) is 2.30. The highest BCUT2D eigenvalue weighted by Gasteiger charge is 2.27. The molecule has 0 aliphatic heterocycles. The number of amides is 1. The van der Waals surface area contributed by atoms with Crippen LogP contribution in [0.15, 0.2) is 18.2 Å². The Kier molecular flexibility index (Phi) is 3.81. The van der Waals surface area contributed by atoms with Crippen LogP contribution in [0.25, 0.3) is 0 Å². The van der Waals surface area contributed by atoms with Gasteiger partial charge >= 0.3 is 0 Å². The Balaban J connectivity index is 2.18. The highest BCUT2D eigenvalue weighted by atomic mass is 19.1. The smallest absolute Gasteiger partial charge is 0.258 e. The molecule has 1 aromatic rings. The van der Waals surface area contributed by atoms with Gasteiger partial charge in [0.15, 0.2) is 0 Å². The SMILES string of the molecule is COc1cccc(F)c1C(=O)N[C@H]1CCC[C@@H]1N. The third-order valence-electron chi connectivity index (χ3n) is 3.31. The first-order valence-corrected chi connectivity index (χ1v) is 6.02. The van der Waals surface area contributed by atoms with E-state index in [0.29, 0.717) is 0 Å². The molecule has 2 rings (SSSR count). The molecule has 0 bridgehead atoms. The van der Waals surface area contributed by atoms with Gasteiger partial charge in [0.25, 0.3) is 5.91 Å². The topological polar surface area (TPSA) is 64.3 Å². The summed E-state index contributed by atoms with van der Waals surface area (Å²) in [6.45, 7) is 0. The van der Waals surface area contributed by atoms with E-state index in [1.54, 1.807) is 6.07 Å². The first-order valence-electron chi connectivity index (χ1n) is 6.02. The highest BCUT2D eigenvalue weighted by Crippen LogP contribution is 2.23. The Bertz CT molecular complexity index is 451. The molecular formula is C13H17FN2O2. The fraction of sp³-hybridized carbons (Fsp3) is 0.462. The second kappa shape index (κ2) is 5.35. The Morgan fingerprint density at radius 2 is 2.28 bits per heavy atom. The van der Waals surface area contributed by atoms with Crippen LogP contribution >= 0.6 is 0 Å². The number of rotatable bonds is 3. The Labute approximate surface area is 105 Å². The van der Waals surface area contributed by atoms with Crippen LogP contribution in [0, 0.1) is 5.82 Å². The van der Waals surface area contributed by atoms with Gasteiger partial charge in [-0.3, -0.25) is 4.79 Å². The average molecular weight is 252 g/mol. The molecule has 2 atom stereocenters. The number of carbonyl (C=O) groups is 1. The van der Waals surface area contributed by atoms with Crippen LogP contribution in [0.2, 0.25) is 0 Å². The largest absolute Gasteiger partial charge is 0.496 e. The van der Waals surface area contributed by atoms with E-state index in [0.717, 1.165) is 19.3 Å². The Hall–Kier alpha value is -1.62. The Morgan fingerprint density at radius 1 is 1.50 bits per heavy atom. The maximum absolute atomic E-state index is 13.7. The maximum atomic E-state index is 13.7. The zero-order chi connectivity index (χ0) is 13.1. The number of methoxy groups -OCH3 is 1. The average Bonchev–Trinajstić information content (AvgIpc) is 2.74. The molecule has 0 saturated heterocycles. The van der Waals surface area contributed by atoms with Crippen LogP contribution in [0.1, 0.15) is 29.6 Å². The van der Waals surface area contributed by atoms with Gasteiger partial charge in [-0.2, -0.15) is 0 Å². The number of nitrogens with one attached hydrogen (secondary N) is 1. The fourth-order valence-electron chi connectivity index (χ4n) is 2.30. The zero-order valence-corrected chi connectivity index (χ0v) is 10.3. The lowest BCUT2D eigenvalue weighted by molar-refractivity contribution is 0.0927. The van der Waals surface area contributed by atoms with Crippen molar-refractivity contribution in [1.82, 2.24) is 5.32 Å². The summed E-state index contributed by atoms with van der Waals surface area (Å²) in [7, 11) is 1.41. The molecule has 0 spiro atoms. The van der Waals surface area contributed by atoms with E-state index in [9.17, 15) is 9.18 Å². The summed E-state index contributed by atoms with van der Waals surface area (Å²) in [5.41, 5.74) is 5.82. The van der Waals surface area contributed by atoms with E-state index in [4.69, 9.17) is 10.5 Å². The van der Waals surface area contributed by atoms with Gasteiger partial charge in [0.1, 0.15) is 17.1 Å². The molecule has 1 saturated carbocycles. The highest BCUT2D eigenvalue weighted by molar-refractivity contribution is 5.97. The molecule has 1 aliphatic rings. The molecule has 1 aromatic carbocycles. The Morgan fingerprint density at radius 3 is 2.89 bits per heavy atom. The summed E-state index contributed by atoms with van der Waals surface area (Å²) < 4.78 is 18.7. The van der Waals surface area contributed by atoms with Gasteiger partial charge in [-0.05, 0) is 31.4 Å². The van der Waals surface area contributed by atoms with Gasteiger partial charge in [0.2, 0.25) is 0 Å². The summed E-state index contributed by atoms with van der Waals surface area (Å²) in [5.74, 6) is -0.815. The van der Waals surface area contributed by atoms with Crippen LogP contribution in [-0.4, -0.2) is 25.1 Å². The number of benzene rings is 1. The van der Waals surface area contributed by atoms with Crippen molar-refractivity contribution in [2.75, 3.05) is 7.11 Å². The molecule has 0 unspecified atom stereocenters. The van der Waals surface area contributed by atoms with Gasteiger partial charge in [0.05, 0.1) is 7.11 Å². The van der Waals surface area contributed by atoms with Crippen LogP contribution in [0.5, 0.6) is 5.75 Å². The van der Waals surface area contributed by atoms with Crippen molar-refractivity contribution in [3.8, 4) is 5.75 Å². The van der Waals surface area contributed by atoms with Crippen molar-refractivity contribution >= 4 is 5.91 Å². The van der Waals surface area contributed by atoms with Crippen molar-refractivity contribution in [1.29, 1.82) is 0 Å². The van der Waals surface area contributed by atoms with Crippen LogP contribution in [0.3, 0.4) is 0 Å². The minimum atomic E-state index is -0.585. The molecule has 0 heterocycles. The van der Waals surface area contributed by atoms with Crippen LogP contribution in [-0.2, 0) is 0 Å². The van der Waals surface area contributed by atoms with Gasteiger partial charge in [-0.25, -0.2) is 4.39 Å². The van der Waals surface area contributed by atoms with Crippen LogP contribution in [0.4, 0.5) is 4.39 Å². The van der Waals surface area contributed by atoms with E-state index < -0.39 is 11.7 Å². The molecule has 1 fully saturated rings. The second-order valence-electron chi connectivity index (χ2n) is 4.49. The molecule has 3 N–H and O–H groups in total. The van der Waals surface area contributed by atoms with E-state index in [2.05, 4.69) is 5.32 Å². The van der Waals surface area contributed by atoms with Crippen molar-refractivity contribution in [2.45, 2.75) is 31.3 Å². The third kappa shape index (κ3) is 2.46. The van der Waals surface area contributed by atoms with Crippen molar-refractivity contribution < 1.29 is 13.9 Å². The quantitative estimate of drug-likeness (QED) is 0.855. The van der Waals surface area contributed by atoms with E-state index >= 15 is 0 Å². The number of hydrogen-bond acceptors (Lipinski definition) is 3. The summed E-state index contributed by atoms with van der Waals surface area (Å²) in [6.07, 6.45) is 2.71. The van der Waals surface area contributed by atoms with E-state index in [1.807, 2.05) is 0 Å². The molecule has 98 valence electrons. The molecular weight excluding hydrogens is 235 g/mol. The summed E-state index contributed by atoms with van der Waals surface area (Å²) in [5, 5.41) is 2.78. The lowest BCUT2D eigenvalue weighted by atomic mass is 10.1. The van der Waals surface area contributed by atoms with Gasteiger partial charge in [-0.15, -0.1) is 0 Å². The third-order valence-corrected chi connectivity index (χ3v) is 3.31. The lowest BCUT2D eigenvalue weighted by Gasteiger charge is -2.18. The number of carbonyl (C=O) groups excluding carboxylic acids is 1. The number of ether oxygens (including phenoxy) is 1. The minimum absolute atomic E-state index is 0.0493. The number of hydrogen-bond donors (Lipinski definition) is 2. The lowest BCUT2D eigenvalue weighted by Crippen LogP contribution is -2.44.